The maximum absolute atomic E-state index is 10.9. The quantitative estimate of drug-likeness (QED) is 0.479. The van der Waals surface area contributed by atoms with Crippen molar-refractivity contribution < 1.29 is 4.92 Å². The van der Waals surface area contributed by atoms with Crippen LogP contribution in [-0.2, 0) is 5.88 Å². The van der Waals surface area contributed by atoms with E-state index in [-0.39, 0.29) is 10.6 Å². The van der Waals surface area contributed by atoms with Gasteiger partial charge in [-0.15, -0.1) is 11.6 Å². The number of nitrogens with zero attached hydrogens (tertiary/aromatic N) is 2. The number of fused-ring (bicyclic) bond motifs is 1. The highest BCUT2D eigenvalue weighted by Gasteiger charge is 2.36. The van der Waals surface area contributed by atoms with Gasteiger partial charge in [-0.1, -0.05) is 12.8 Å². The van der Waals surface area contributed by atoms with E-state index < -0.39 is 0 Å². The van der Waals surface area contributed by atoms with E-state index in [1.807, 2.05) is 6.07 Å². The molecule has 0 amide bonds. The van der Waals surface area contributed by atoms with Crippen molar-refractivity contribution in [2.24, 2.45) is 5.92 Å². The minimum atomic E-state index is -0.354. The Morgan fingerprint density at radius 2 is 2.10 bits per heavy atom. The molecule has 1 saturated heterocycles. The maximum atomic E-state index is 10.9. The zero-order chi connectivity index (χ0) is 14.1. The van der Waals surface area contributed by atoms with Crippen LogP contribution in [0.3, 0.4) is 0 Å². The molecule has 0 bridgehead atoms. The van der Waals surface area contributed by atoms with Crippen molar-refractivity contribution in [1.82, 2.24) is 0 Å². The second kappa shape index (κ2) is 5.60. The zero-order valence-electron chi connectivity index (χ0n) is 11.4. The van der Waals surface area contributed by atoms with Crippen LogP contribution in [0.2, 0.25) is 0 Å². The predicted octanol–water partition coefficient (Wildman–Crippen LogP) is 4.10. The Labute approximate surface area is 123 Å². The lowest BCUT2D eigenvalue weighted by atomic mass is 9.85. The number of halogens is 1. The summed E-state index contributed by atoms with van der Waals surface area (Å²) in [5.41, 5.74) is 2.11. The van der Waals surface area contributed by atoms with Gasteiger partial charge in [0.15, 0.2) is 0 Å². The van der Waals surface area contributed by atoms with E-state index in [9.17, 15) is 10.1 Å². The van der Waals surface area contributed by atoms with Crippen molar-refractivity contribution in [3.8, 4) is 0 Å². The normalized spacial score (nSPS) is 25.6. The highest BCUT2D eigenvalue weighted by molar-refractivity contribution is 6.17. The van der Waals surface area contributed by atoms with Crippen LogP contribution in [-0.4, -0.2) is 17.5 Å². The number of nitro benzene ring substituents is 1. The summed E-state index contributed by atoms with van der Waals surface area (Å²) in [6.07, 6.45) is 6.44. The largest absolute Gasteiger partial charge is 0.368 e. The summed E-state index contributed by atoms with van der Waals surface area (Å²) in [6, 6.07) is 5.71. The Balaban J connectivity index is 1.91. The van der Waals surface area contributed by atoms with E-state index in [0.29, 0.717) is 11.9 Å². The van der Waals surface area contributed by atoms with Crippen LogP contribution >= 0.6 is 11.6 Å². The number of benzene rings is 1. The van der Waals surface area contributed by atoms with Crippen molar-refractivity contribution in [3.05, 3.63) is 33.9 Å². The Hall–Kier alpha value is -1.29. The molecular formula is C15H19ClN2O2. The predicted molar refractivity (Wildman–Crippen MR) is 80.4 cm³/mol. The molecule has 20 heavy (non-hydrogen) atoms. The first kappa shape index (κ1) is 13.7. The van der Waals surface area contributed by atoms with Gasteiger partial charge in [0.2, 0.25) is 0 Å². The molecule has 0 N–H and O–H groups in total. The van der Waals surface area contributed by atoms with Crippen LogP contribution in [0.4, 0.5) is 11.4 Å². The minimum absolute atomic E-state index is 0.129. The van der Waals surface area contributed by atoms with Gasteiger partial charge in [0.25, 0.3) is 5.69 Å². The first-order valence-corrected chi connectivity index (χ1v) is 7.84. The number of alkyl halides is 1. The molecule has 1 aromatic carbocycles. The molecule has 0 spiro atoms. The topological polar surface area (TPSA) is 46.4 Å². The fraction of sp³-hybridized carbons (Fsp3) is 0.600. The number of anilines is 1. The van der Waals surface area contributed by atoms with Crippen molar-refractivity contribution in [3.63, 3.8) is 0 Å². The molecule has 1 aliphatic carbocycles. The Morgan fingerprint density at radius 1 is 1.30 bits per heavy atom. The van der Waals surface area contributed by atoms with Crippen molar-refractivity contribution >= 4 is 23.0 Å². The van der Waals surface area contributed by atoms with Gasteiger partial charge >= 0.3 is 0 Å². The van der Waals surface area contributed by atoms with Gasteiger partial charge in [-0.3, -0.25) is 10.1 Å². The van der Waals surface area contributed by atoms with Crippen LogP contribution in [0.5, 0.6) is 0 Å². The van der Waals surface area contributed by atoms with E-state index in [1.165, 1.54) is 32.1 Å². The molecule has 4 nitrogen and oxygen atoms in total. The number of nitro groups is 1. The van der Waals surface area contributed by atoms with Crippen LogP contribution in [0.15, 0.2) is 18.2 Å². The molecular weight excluding hydrogens is 276 g/mol. The van der Waals surface area contributed by atoms with E-state index >= 15 is 0 Å². The average molecular weight is 295 g/mol. The third kappa shape index (κ3) is 2.37. The smallest absolute Gasteiger partial charge is 0.269 e. The van der Waals surface area contributed by atoms with Gasteiger partial charge in [-0.05, 0) is 36.8 Å². The Kier molecular flexibility index (Phi) is 3.83. The molecule has 0 radical (unpaired) electrons. The van der Waals surface area contributed by atoms with Gasteiger partial charge in [-0.2, -0.15) is 0 Å². The summed E-state index contributed by atoms with van der Waals surface area (Å²) < 4.78 is 0. The summed E-state index contributed by atoms with van der Waals surface area (Å²) in [7, 11) is 0. The van der Waals surface area contributed by atoms with Crippen molar-refractivity contribution in [2.45, 2.75) is 44.0 Å². The highest BCUT2D eigenvalue weighted by atomic mass is 35.5. The van der Waals surface area contributed by atoms with E-state index in [0.717, 1.165) is 23.7 Å². The molecule has 2 atom stereocenters. The lowest BCUT2D eigenvalue weighted by Crippen LogP contribution is -2.35. The fourth-order valence-corrected chi connectivity index (χ4v) is 3.99. The summed E-state index contributed by atoms with van der Waals surface area (Å²) in [6.45, 7) is 1.05. The third-order valence-electron chi connectivity index (χ3n) is 4.74. The van der Waals surface area contributed by atoms with Crippen LogP contribution in [0.1, 0.15) is 37.7 Å². The minimum Gasteiger partial charge on any atom is -0.368 e. The molecule has 1 heterocycles. The van der Waals surface area contributed by atoms with Gasteiger partial charge < -0.3 is 4.90 Å². The molecule has 2 unspecified atom stereocenters. The van der Waals surface area contributed by atoms with E-state index in [1.54, 1.807) is 12.1 Å². The summed E-state index contributed by atoms with van der Waals surface area (Å²) in [5, 5.41) is 10.9. The molecule has 1 saturated carbocycles. The summed E-state index contributed by atoms with van der Waals surface area (Å²) >= 11 is 6.01. The van der Waals surface area contributed by atoms with Gasteiger partial charge in [0, 0.05) is 36.3 Å². The lowest BCUT2D eigenvalue weighted by Gasteiger charge is -2.34. The first-order valence-electron chi connectivity index (χ1n) is 7.30. The molecule has 2 fully saturated rings. The monoisotopic (exact) mass is 294 g/mol. The number of rotatable bonds is 3. The molecule has 1 aliphatic heterocycles. The standard InChI is InChI=1S/C15H19ClN2O2/c16-10-12-9-13(18(19)20)5-6-15(12)17-8-7-11-3-1-2-4-14(11)17/h5-6,9,11,14H,1-4,7-8,10H2. The van der Waals surface area contributed by atoms with Crippen LogP contribution < -0.4 is 4.90 Å². The third-order valence-corrected chi connectivity index (χ3v) is 5.03. The molecule has 2 aliphatic rings. The number of hydrogen-bond donors (Lipinski definition) is 0. The number of non-ortho nitro benzene ring substituents is 1. The molecule has 108 valence electrons. The van der Waals surface area contributed by atoms with Crippen molar-refractivity contribution in [1.29, 1.82) is 0 Å². The molecule has 3 rings (SSSR count). The fourth-order valence-electron chi connectivity index (χ4n) is 3.78. The van der Waals surface area contributed by atoms with Crippen LogP contribution in [0.25, 0.3) is 0 Å². The molecule has 5 heteroatoms. The van der Waals surface area contributed by atoms with Crippen molar-refractivity contribution in [2.75, 3.05) is 11.4 Å². The Morgan fingerprint density at radius 3 is 2.85 bits per heavy atom. The zero-order valence-corrected chi connectivity index (χ0v) is 12.2. The highest BCUT2D eigenvalue weighted by Crippen LogP contribution is 2.40. The summed E-state index contributed by atoms with van der Waals surface area (Å²) in [4.78, 5) is 13.0. The SMILES string of the molecule is O=[N+]([O-])c1ccc(N2CCC3CCCCC32)c(CCl)c1. The Bertz CT molecular complexity index is 521. The van der Waals surface area contributed by atoms with Gasteiger partial charge in [0.05, 0.1) is 4.92 Å². The van der Waals surface area contributed by atoms with Crippen LogP contribution in [0, 0.1) is 16.0 Å². The summed E-state index contributed by atoms with van der Waals surface area (Å²) in [5.74, 6) is 1.12. The van der Waals surface area contributed by atoms with Gasteiger partial charge in [-0.25, -0.2) is 0 Å². The van der Waals surface area contributed by atoms with Gasteiger partial charge in [0.1, 0.15) is 0 Å². The lowest BCUT2D eigenvalue weighted by molar-refractivity contribution is -0.384. The molecule has 0 aromatic heterocycles. The first-order chi connectivity index (χ1) is 9.70. The van der Waals surface area contributed by atoms with E-state index in [4.69, 9.17) is 11.6 Å². The number of hydrogen-bond acceptors (Lipinski definition) is 3. The van der Waals surface area contributed by atoms with E-state index in [2.05, 4.69) is 4.90 Å². The molecule has 1 aromatic rings. The average Bonchev–Trinajstić information content (AvgIpc) is 2.90. The second-order valence-corrected chi connectivity index (χ2v) is 6.06. The maximum Gasteiger partial charge on any atom is 0.269 e. The second-order valence-electron chi connectivity index (χ2n) is 5.80.